The summed E-state index contributed by atoms with van der Waals surface area (Å²) >= 11 is 0. The van der Waals surface area contributed by atoms with Gasteiger partial charge < -0.3 is 21.3 Å². The first-order chi connectivity index (χ1) is 14.0. The van der Waals surface area contributed by atoms with E-state index in [0.29, 0.717) is 31.1 Å². The first kappa shape index (κ1) is 21.0. The summed E-state index contributed by atoms with van der Waals surface area (Å²) in [6.45, 7) is 1.31. The summed E-state index contributed by atoms with van der Waals surface area (Å²) in [5.74, 6) is -0.0836. The van der Waals surface area contributed by atoms with Crippen molar-refractivity contribution in [2.45, 2.75) is 57.2 Å². The molecule has 5 N–H and O–H groups in total. The van der Waals surface area contributed by atoms with Gasteiger partial charge in [-0.3, -0.25) is 15.0 Å². The number of allylic oxidation sites excluding steroid dienone is 1. The molecule has 1 heterocycles. The van der Waals surface area contributed by atoms with Gasteiger partial charge in [-0.05, 0) is 44.1 Å². The molecule has 0 saturated carbocycles. The monoisotopic (exact) mass is 397 g/mol. The maximum atomic E-state index is 12.7. The summed E-state index contributed by atoms with van der Waals surface area (Å²) in [6, 6.07) is 7.17. The molecule has 3 rings (SSSR count). The predicted octanol–water partition coefficient (Wildman–Crippen LogP) is 1.67. The molecule has 156 valence electrons. The Bertz CT molecular complexity index is 759. The van der Waals surface area contributed by atoms with Gasteiger partial charge >= 0.3 is 0 Å². The normalized spacial score (nSPS) is 21.6. The molecule has 0 aromatic heterocycles. The zero-order chi connectivity index (χ0) is 20.6. The topological polar surface area (TPSA) is 111 Å². The van der Waals surface area contributed by atoms with Gasteiger partial charge in [-0.25, -0.2) is 0 Å². The molecule has 0 radical (unpaired) electrons. The second-order valence-corrected chi connectivity index (χ2v) is 7.79. The van der Waals surface area contributed by atoms with Crippen LogP contribution >= 0.6 is 0 Å². The lowest BCUT2D eigenvalue weighted by Crippen LogP contribution is -2.49. The van der Waals surface area contributed by atoms with Crippen LogP contribution in [0.25, 0.3) is 0 Å². The second kappa shape index (κ2) is 10.2. The molecule has 7 nitrogen and oxygen atoms in total. The SMILES string of the molecule is N=C(N)c1ccc(CNC(=O)[C@@H]2CCCN2C(=O)CN[C@H]2CC=CCCC2)cc1. The van der Waals surface area contributed by atoms with Crippen LogP contribution < -0.4 is 16.4 Å². The van der Waals surface area contributed by atoms with Crippen LogP contribution in [-0.2, 0) is 16.1 Å². The highest BCUT2D eigenvalue weighted by atomic mass is 16.2. The first-order valence-corrected chi connectivity index (χ1v) is 10.4. The van der Waals surface area contributed by atoms with Gasteiger partial charge in [0.25, 0.3) is 0 Å². The number of hydrogen-bond acceptors (Lipinski definition) is 4. The average Bonchev–Trinajstić information content (AvgIpc) is 3.07. The number of carbonyl (C=O) groups excluding carboxylic acids is 2. The Morgan fingerprint density at radius 3 is 2.69 bits per heavy atom. The van der Waals surface area contributed by atoms with Crippen LogP contribution in [0.4, 0.5) is 0 Å². The zero-order valence-electron chi connectivity index (χ0n) is 16.8. The third-order valence-corrected chi connectivity index (χ3v) is 5.66. The molecule has 2 amide bonds. The summed E-state index contributed by atoms with van der Waals surface area (Å²) in [6.07, 6.45) is 10.2. The van der Waals surface area contributed by atoms with Crippen LogP contribution in [0, 0.1) is 5.41 Å². The average molecular weight is 398 g/mol. The molecule has 0 unspecified atom stereocenters. The number of hydrogen-bond donors (Lipinski definition) is 4. The molecule has 7 heteroatoms. The molecule has 1 aliphatic carbocycles. The van der Waals surface area contributed by atoms with Gasteiger partial charge in [-0.2, -0.15) is 0 Å². The lowest BCUT2D eigenvalue weighted by molar-refractivity contribution is -0.137. The van der Waals surface area contributed by atoms with Crippen molar-refractivity contribution in [3.63, 3.8) is 0 Å². The second-order valence-electron chi connectivity index (χ2n) is 7.79. The molecule has 1 saturated heterocycles. The Labute approximate surface area is 172 Å². The van der Waals surface area contributed by atoms with E-state index in [1.165, 1.54) is 0 Å². The van der Waals surface area contributed by atoms with Crippen molar-refractivity contribution in [3.05, 3.63) is 47.5 Å². The van der Waals surface area contributed by atoms with Gasteiger partial charge in [-0.15, -0.1) is 0 Å². The Morgan fingerprint density at radius 1 is 1.14 bits per heavy atom. The number of amidine groups is 1. The van der Waals surface area contributed by atoms with E-state index in [2.05, 4.69) is 22.8 Å². The lowest BCUT2D eigenvalue weighted by Gasteiger charge is -2.25. The van der Waals surface area contributed by atoms with Crippen molar-refractivity contribution in [3.8, 4) is 0 Å². The Morgan fingerprint density at radius 2 is 1.93 bits per heavy atom. The van der Waals surface area contributed by atoms with Crippen molar-refractivity contribution < 1.29 is 9.59 Å². The van der Waals surface area contributed by atoms with Crippen LogP contribution in [0.2, 0.25) is 0 Å². The molecule has 1 aromatic carbocycles. The Balaban J connectivity index is 1.48. The third kappa shape index (κ3) is 5.90. The first-order valence-electron chi connectivity index (χ1n) is 10.4. The van der Waals surface area contributed by atoms with E-state index in [1.54, 1.807) is 17.0 Å². The molecule has 0 bridgehead atoms. The highest BCUT2D eigenvalue weighted by molar-refractivity contribution is 5.94. The van der Waals surface area contributed by atoms with E-state index in [-0.39, 0.29) is 24.2 Å². The van der Waals surface area contributed by atoms with Crippen molar-refractivity contribution in [2.24, 2.45) is 5.73 Å². The number of nitrogens with zero attached hydrogens (tertiary/aromatic N) is 1. The number of benzene rings is 1. The molecule has 1 aromatic rings. The molecular weight excluding hydrogens is 366 g/mol. The van der Waals surface area contributed by atoms with Crippen molar-refractivity contribution >= 4 is 17.6 Å². The Hall–Kier alpha value is -2.67. The summed E-state index contributed by atoms with van der Waals surface area (Å²) in [4.78, 5) is 27.1. The summed E-state index contributed by atoms with van der Waals surface area (Å²) in [7, 11) is 0. The van der Waals surface area contributed by atoms with E-state index < -0.39 is 6.04 Å². The maximum absolute atomic E-state index is 12.7. The largest absolute Gasteiger partial charge is 0.384 e. The number of nitrogen functional groups attached to an aromatic ring is 1. The summed E-state index contributed by atoms with van der Waals surface area (Å²) < 4.78 is 0. The molecule has 29 heavy (non-hydrogen) atoms. The lowest BCUT2D eigenvalue weighted by atomic mass is 10.1. The van der Waals surface area contributed by atoms with Crippen molar-refractivity contribution in [2.75, 3.05) is 13.1 Å². The van der Waals surface area contributed by atoms with Crippen LogP contribution in [0.3, 0.4) is 0 Å². The van der Waals surface area contributed by atoms with Gasteiger partial charge in [0.1, 0.15) is 11.9 Å². The van der Waals surface area contributed by atoms with Gasteiger partial charge in [-0.1, -0.05) is 36.4 Å². The predicted molar refractivity (Wildman–Crippen MR) is 113 cm³/mol. The number of nitrogens with two attached hydrogens (primary N) is 1. The van der Waals surface area contributed by atoms with Gasteiger partial charge in [0.05, 0.1) is 6.54 Å². The van der Waals surface area contributed by atoms with Crippen LogP contribution in [0.15, 0.2) is 36.4 Å². The third-order valence-electron chi connectivity index (χ3n) is 5.66. The molecule has 2 aliphatic rings. The number of likely N-dealkylation sites (tertiary alicyclic amines) is 1. The van der Waals surface area contributed by atoms with E-state index >= 15 is 0 Å². The fraction of sp³-hybridized carbons (Fsp3) is 0.500. The number of rotatable bonds is 7. The number of nitrogens with one attached hydrogen (secondary N) is 3. The zero-order valence-corrected chi connectivity index (χ0v) is 16.8. The minimum absolute atomic E-state index is 0.00156. The molecule has 2 atom stereocenters. The maximum Gasteiger partial charge on any atom is 0.243 e. The highest BCUT2D eigenvalue weighted by Crippen LogP contribution is 2.18. The molecule has 1 aliphatic heterocycles. The fourth-order valence-electron chi connectivity index (χ4n) is 3.94. The van der Waals surface area contributed by atoms with Gasteiger partial charge in [0.15, 0.2) is 0 Å². The number of amides is 2. The molecule has 1 fully saturated rings. The van der Waals surface area contributed by atoms with Crippen LogP contribution in [0.1, 0.15) is 49.7 Å². The van der Waals surface area contributed by atoms with E-state index in [0.717, 1.165) is 37.7 Å². The molecule has 0 spiro atoms. The van der Waals surface area contributed by atoms with Crippen LogP contribution in [0.5, 0.6) is 0 Å². The van der Waals surface area contributed by atoms with Crippen LogP contribution in [-0.4, -0.2) is 47.7 Å². The quantitative estimate of drug-likeness (QED) is 0.318. The fourth-order valence-corrected chi connectivity index (χ4v) is 3.94. The Kier molecular flexibility index (Phi) is 7.41. The molecular formula is C22H31N5O2. The van der Waals surface area contributed by atoms with Crippen molar-refractivity contribution in [1.82, 2.24) is 15.5 Å². The minimum atomic E-state index is -0.394. The summed E-state index contributed by atoms with van der Waals surface area (Å²) in [5.41, 5.74) is 7.05. The minimum Gasteiger partial charge on any atom is -0.384 e. The number of carbonyl (C=O) groups is 2. The summed E-state index contributed by atoms with van der Waals surface area (Å²) in [5, 5.41) is 13.7. The van der Waals surface area contributed by atoms with E-state index in [1.807, 2.05) is 12.1 Å². The van der Waals surface area contributed by atoms with Crippen molar-refractivity contribution in [1.29, 1.82) is 5.41 Å². The van der Waals surface area contributed by atoms with Gasteiger partial charge in [0, 0.05) is 24.7 Å². The standard InChI is InChI=1S/C22H31N5O2/c23-21(24)17-11-9-16(10-12-17)14-26-22(29)19-8-5-13-27(19)20(28)15-25-18-6-3-1-2-4-7-18/h1,3,9-12,18-19,25H,2,4-8,13-15H2,(H3,23,24)(H,26,29)/t18-,19-/m0/s1. The smallest absolute Gasteiger partial charge is 0.243 e. The van der Waals surface area contributed by atoms with Gasteiger partial charge in [0.2, 0.25) is 11.8 Å². The highest BCUT2D eigenvalue weighted by Gasteiger charge is 2.33. The van der Waals surface area contributed by atoms with E-state index in [4.69, 9.17) is 11.1 Å². The van der Waals surface area contributed by atoms with E-state index in [9.17, 15) is 9.59 Å².